The summed E-state index contributed by atoms with van der Waals surface area (Å²) >= 11 is 3.39. The Morgan fingerprint density at radius 2 is 1.64 bits per heavy atom. The number of hydrogen-bond donors (Lipinski definition) is 1. The van der Waals surface area contributed by atoms with Gasteiger partial charge in [-0.05, 0) is 75.9 Å². The van der Waals surface area contributed by atoms with Gasteiger partial charge in [0.1, 0.15) is 12.4 Å². The second-order valence-corrected chi connectivity index (χ2v) is 10.4. The summed E-state index contributed by atoms with van der Waals surface area (Å²) in [6.07, 6.45) is 5.50. The van der Waals surface area contributed by atoms with Crippen LogP contribution >= 0.6 is 15.9 Å². The van der Waals surface area contributed by atoms with Gasteiger partial charge in [0.15, 0.2) is 0 Å². The first-order valence-electron chi connectivity index (χ1n) is 13.1. The minimum absolute atomic E-state index is 0.0463. The summed E-state index contributed by atoms with van der Waals surface area (Å²) < 4.78 is 3.06. The first-order chi connectivity index (χ1) is 17.3. The molecule has 0 aliphatic rings. The van der Waals surface area contributed by atoms with Gasteiger partial charge >= 0.3 is 0 Å². The number of benzene rings is 2. The van der Waals surface area contributed by atoms with Gasteiger partial charge in [-0.25, -0.2) is 4.98 Å². The van der Waals surface area contributed by atoms with Crippen LogP contribution in [0, 0.1) is 0 Å². The molecule has 6 nitrogen and oxygen atoms in total. The van der Waals surface area contributed by atoms with E-state index in [1.165, 1.54) is 0 Å². The number of nitrogens with one attached hydrogen (secondary N) is 1. The summed E-state index contributed by atoms with van der Waals surface area (Å²) in [4.78, 5) is 32.6. The van der Waals surface area contributed by atoms with Gasteiger partial charge in [-0.15, -0.1) is 0 Å². The Bertz CT molecular complexity index is 1130. The molecule has 3 rings (SSSR count). The number of hydrogen-bond acceptors (Lipinski definition) is 3. The van der Waals surface area contributed by atoms with Gasteiger partial charge < -0.3 is 14.8 Å². The largest absolute Gasteiger partial charge is 0.352 e. The number of rotatable bonds is 13. The molecule has 0 saturated carbocycles. The SMILES string of the molecule is CCC(C)N(C(=O)Cn1c(CCCCCNC(=O)c2ccc(Br)cc2)nc2ccccc21)C(C)CC. The highest BCUT2D eigenvalue weighted by Crippen LogP contribution is 2.20. The zero-order valence-electron chi connectivity index (χ0n) is 22.0. The predicted molar refractivity (Wildman–Crippen MR) is 150 cm³/mol. The fourth-order valence-corrected chi connectivity index (χ4v) is 4.78. The zero-order valence-corrected chi connectivity index (χ0v) is 23.6. The van der Waals surface area contributed by atoms with Crippen LogP contribution in [0.4, 0.5) is 0 Å². The van der Waals surface area contributed by atoms with E-state index < -0.39 is 0 Å². The Labute approximate surface area is 223 Å². The average molecular weight is 556 g/mol. The molecule has 0 aliphatic carbocycles. The highest BCUT2D eigenvalue weighted by Gasteiger charge is 2.25. The Kier molecular flexibility index (Phi) is 10.5. The van der Waals surface area contributed by atoms with Crippen LogP contribution in [-0.4, -0.2) is 44.9 Å². The predicted octanol–water partition coefficient (Wildman–Crippen LogP) is 6.37. The number of unbranched alkanes of at least 4 members (excludes halogenated alkanes) is 2. The van der Waals surface area contributed by atoms with Gasteiger partial charge in [-0.3, -0.25) is 9.59 Å². The molecule has 194 valence electrons. The number of carbonyl (C=O) groups is 2. The van der Waals surface area contributed by atoms with Crippen molar-refractivity contribution in [3.8, 4) is 0 Å². The van der Waals surface area contributed by atoms with Crippen LogP contribution in [0.2, 0.25) is 0 Å². The maximum atomic E-state index is 13.5. The molecule has 2 unspecified atom stereocenters. The molecule has 36 heavy (non-hydrogen) atoms. The maximum absolute atomic E-state index is 13.5. The van der Waals surface area contributed by atoms with E-state index in [0.717, 1.165) is 59.9 Å². The van der Waals surface area contributed by atoms with E-state index in [1.807, 2.05) is 53.4 Å². The van der Waals surface area contributed by atoms with Gasteiger partial charge in [-0.1, -0.05) is 48.3 Å². The zero-order chi connectivity index (χ0) is 26.1. The molecule has 0 saturated heterocycles. The standard InChI is InChI=1S/C29H39BrN4O2/c1-5-21(3)34(22(4)6-2)28(35)20-33-26-13-10-9-12-25(26)32-27(33)14-8-7-11-19-31-29(36)23-15-17-24(30)18-16-23/h9-10,12-13,15-18,21-22H,5-8,11,14,19-20H2,1-4H3,(H,31,36). The van der Waals surface area contributed by atoms with Crippen LogP contribution in [0.1, 0.15) is 76.0 Å². The third-order valence-corrected chi connectivity index (χ3v) is 7.44. The minimum atomic E-state index is -0.0463. The average Bonchev–Trinajstić information content (AvgIpc) is 3.23. The molecule has 0 spiro atoms. The van der Waals surface area contributed by atoms with Gasteiger partial charge in [0.2, 0.25) is 5.91 Å². The van der Waals surface area contributed by atoms with Crippen LogP contribution in [0.3, 0.4) is 0 Å². The highest BCUT2D eigenvalue weighted by atomic mass is 79.9. The number of nitrogens with zero attached hydrogens (tertiary/aromatic N) is 3. The third-order valence-electron chi connectivity index (χ3n) is 6.92. The smallest absolute Gasteiger partial charge is 0.251 e. The fourth-order valence-electron chi connectivity index (χ4n) is 4.52. The summed E-state index contributed by atoms with van der Waals surface area (Å²) in [6, 6.07) is 15.8. The number of carbonyl (C=O) groups excluding carboxylic acids is 2. The number of aromatic nitrogens is 2. The van der Waals surface area contributed by atoms with Gasteiger partial charge in [0, 0.05) is 35.1 Å². The first-order valence-corrected chi connectivity index (χ1v) is 13.9. The topological polar surface area (TPSA) is 67.2 Å². The minimum Gasteiger partial charge on any atom is -0.352 e. The monoisotopic (exact) mass is 554 g/mol. The van der Waals surface area contributed by atoms with Crippen molar-refractivity contribution in [3.05, 3.63) is 64.4 Å². The lowest BCUT2D eigenvalue weighted by molar-refractivity contribution is -0.136. The molecule has 0 radical (unpaired) electrons. The van der Waals surface area contributed by atoms with Crippen molar-refractivity contribution in [2.24, 2.45) is 0 Å². The summed E-state index contributed by atoms with van der Waals surface area (Å²) in [6.45, 7) is 9.48. The number of aryl methyl sites for hydroxylation is 1. The molecule has 2 aromatic carbocycles. The van der Waals surface area contributed by atoms with Crippen LogP contribution < -0.4 is 5.32 Å². The second-order valence-electron chi connectivity index (χ2n) is 9.49. The summed E-state index contributed by atoms with van der Waals surface area (Å²) in [5.41, 5.74) is 2.61. The quantitative estimate of drug-likeness (QED) is 0.250. The van der Waals surface area contributed by atoms with E-state index in [-0.39, 0.29) is 23.9 Å². The van der Waals surface area contributed by atoms with Crippen molar-refractivity contribution >= 4 is 38.8 Å². The molecule has 0 aliphatic heterocycles. The lowest BCUT2D eigenvalue weighted by Gasteiger charge is -2.34. The summed E-state index contributed by atoms with van der Waals surface area (Å²) in [5, 5.41) is 3.00. The van der Waals surface area contributed by atoms with Crippen LogP contribution in [0.25, 0.3) is 11.0 Å². The van der Waals surface area contributed by atoms with E-state index in [2.05, 4.69) is 53.5 Å². The first kappa shape index (κ1) is 27.9. The van der Waals surface area contributed by atoms with Crippen molar-refractivity contribution in [1.82, 2.24) is 19.8 Å². The molecule has 1 aromatic heterocycles. The molecule has 0 bridgehead atoms. The normalized spacial score (nSPS) is 12.9. The van der Waals surface area contributed by atoms with E-state index >= 15 is 0 Å². The molecule has 1 heterocycles. The van der Waals surface area contributed by atoms with Crippen molar-refractivity contribution < 1.29 is 9.59 Å². The molecule has 0 fully saturated rings. The Balaban J connectivity index is 1.59. The van der Waals surface area contributed by atoms with Gasteiger partial charge in [0.05, 0.1) is 11.0 Å². The number of amides is 2. The fraction of sp³-hybridized carbons (Fsp3) is 0.483. The van der Waals surface area contributed by atoms with E-state index in [9.17, 15) is 9.59 Å². The number of halogens is 1. The molecule has 7 heteroatoms. The Hall–Kier alpha value is -2.67. The maximum Gasteiger partial charge on any atom is 0.251 e. The van der Waals surface area contributed by atoms with Crippen LogP contribution in [0.15, 0.2) is 53.0 Å². The van der Waals surface area contributed by atoms with Crippen LogP contribution in [-0.2, 0) is 17.8 Å². The Morgan fingerprint density at radius 3 is 2.31 bits per heavy atom. The lowest BCUT2D eigenvalue weighted by atomic mass is 10.1. The van der Waals surface area contributed by atoms with Crippen molar-refractivity contribution in [3.63, 3.8) is 0 Å². The van der Waals surface area contributed by atoms with Crippen molar-refractivity contribution in [2.45, 2.75) is 84.8 Å². The van der Waals surface area contributed by atoms with E-state index in [0.29, 0.717) is 18.7 Å². The second kappa shape index (κ2) is 13.6. The number of fused-ring (bicyclic) bond motifs is 1. The van der Waals surface area contributed by atoms with Crippen molar-refractivity contribution in [2.75, 3.05) is 6.54 Å². The molecule has 2 atom stereocenters. The molecule has 3 aromatic rings. The number of imidazole rings is 1. The molecule has 2 amide bonds. The van der Waals surface area contributed by atoms with Crippen LogP contribution in [0.5, 0.6) is 0 Å². The van der Waals surface area contributed by atoms with E-state index in [4.69, 9.17) is 4.98 Å². The molecular weight excluding hydrogens is 516 g/mol. The van der Waals surface area contributed by atoms with E-state index in [1.54, 1.807) is 0 Å². The molecule has 1 N–H and O–H groups in total. The highest BCUT2D eigenvalue weighted by molar-refractivity contribution is 9.10. The van der Waals surface area contributed by atoms with Gasteiger partial charge in [-0.2, -0.15) is 0 Å². The molecular formula is C29H39BrN4O2. The lowest BCUT2D eigenvalue weighted by Crippen LogP contribution is -2.45. The third kappa shape index (κ3) is 7.19. The summed E-state index contributed by atoms with van der Waals surface area (Å²) in [7, 11) is 0. The number of para-hydroxylation sites is 2. The Morgan fingerprint density at radius 1 is 0.972 bits per heavy atom. The summed E-state index contributed by atoms with van der Waals surface area (Å²) in [5.74, 6) is 1.06. The van der Waals surface area contributed by atoms with Gasteiger partial charge in [0.25, 0.3) is 5.91 Å². The van der Waals surface area contributed by atoms with Crippen molar-refractivity contribution in [1.29, 1.82) is 0 Å².